The van der Waals surface area contributed by atoms with E-state index in [0.717, 1.165) is 73.8 Å². The summed E-state index contributed by atoms with van der Waals surface area (Å²) >= 11 is 0. The first-order chi connectivity index (χ1) is 14.5. The summed E-state index contributed by atoms with van der Waals surface area (Å²) < 4.78 is 0. The Morgan fingerprint density at radius 2 is 1.63 bits per heavy atom. The second kappa shape index (κ2) is 9.08. The predicted molar refractivity (Wildman–Crippen MR) is 118 cm³/mol. The average molecular weight is 409 g/mol. The highest BCUT2D eigenvalue weighted by Crippen LogP contribution is 2.32. The number of nitrogens with zero attached hydrogens (tertiary/aromatic N) is 5. The summed E-state index contributed by atoms with van der Waals surface area (Å²) in [7, 11) is 0. The molecule has 4 heterocycles. The number of amides is 1. The fourth-order valence-corrected chi connectivity index (χ4v) is 4.62. The summed E-state index contributed by atoms with van der Waals surface area (Å²) in [5.41, 5.74) is 4.79. The van der Waals surface area contributed by atoms with Crippen molar-refractivity contribution in [3.63, 3.8) is 0 Å². The third kappa shape index (κ3) is 4.95. The van der Waals surface area contributed by atoms with Gasteiger partial charge < -0.3 is 10.2 Å². The molecule has 0 spiro atoms. The van der Waals surface area contributed by atoms with Crippen LogP contribution in [0.3, 0.4) is 0 Å². The molecule has 7 nitrogen and oxygen atoms in total. The zero-order valence-electron chi connectivity index (χ0n) is 18.3. The first-order valence-electron chi connectivity index (χ1n) is 11.1. The number of nitrogens with one attached hydrogen (secondary N) is 1. The van der Waals surface area contributed by atoms with Gasteiger partial charge in [-0.2, -0.15) is 0 Å². The molecule has 2 aliphatic heterocycles. The average Bonchev–Trinajstić information content (AvgIpc) is 3.15. The molecule has 2 saturated heterocycles. The lowest BCUT2D eigenvalue weighted by atomic mass is 10.1. The van der Waals surface area contributed by atoms with Crippen LogP contribution in [0, 0.1) is 20.8 Å². The lowest BCUT2D eigenvalue weighted by Crippen LogP contribution is -2.42. The van der Waals surface area contributed by atoms with E-state index in [-0.39, 0.29) is 11.9 Å². The van der Waals surface area contributed by atoms with Gasteiger partial charge in [0.05, 0.1) is 18.3 Å². The molecule has 160 valence electrons. The molecular formula is C23H32N6O. The summed E-state index contributed by atoms with van der Waals surface area (Å²) in [4.78, 5) is 30.9. The van der Waals surface area contributed by atoms with Crippen molar-refractivity contribution < 1.29 is 4.79 Å². The van der Waals surface area contributed by atoms with Gasteiger partial charge in [0.2, 0.25) is 11.9 Å². The number of pyridine rings is 1. The number of hydrogen-bond acceptors (Lipinski definition) is 6. The number of likely N-dealkylation sites (tertiary alicyclic amines) is 2. The van der Waals surface area contributed by atoms with Crippen LogP contribution in [0.4, 0.5) is 11.6 Å². The van der Waals surface area contributed by atoms with Gasteiger partial charge in [0.1, 0.15) is 0 Å². The van der Waals surface area contributed by atoms with Gasteiger partial charge in [-0.1, -0.05) is 0 Å². The van der Waals surface area contributed by atoms with Crippen molar-refractivity contribution in [1.29, 1.82) is 0 Å². The molecule has 2 fully saturated rings. The van der Waals surface area contributed by atoms with Crippen LogP contribution in [0.15, 0.2) is 18.2 Å². The minimum Gasteiger partial charge on any atom is -0.342 e. The number of aryl methyl sites for hydroxylation is 3. The normalized spacial score (nSPS) is 19.8. The zero-order chi connectivity index (χ0) is 21.1. The van der Waals surface area contributed by atoms with Gasteiger partial charge in [-0.15, -0.1) is 0 Å². The quantitative estimate of drug-likeness (QED) is 0.813. The van der Waals surface area contributed by atoms with Crippen molar-refractivity contribution in [2.24, 2.45) is 0 Å². The lowest BCUT2D eigenvalue weighted by Gasteiger charge is -2.30. The smallest absolute Gasteiger partial charge is 0.236 e. The topological polar surface area (TPSA) is 74.2 Å². The second-order valence-corrected chi connectivity index (χ2v) is 8.59. The Kier molecular flexibility index (Phi) is 6.27. The first-order valence-corrected chi connectivity index (χ1v) is 11.1. The van der Waals surface area contributed by atoms with Crippen LogP contribution in [-0.2, 0) is 4.79 Å². The number of anilines is 2. The largest absolute Gasteiger partial charge is 0.342 e. The molecule has 7 heteroatoms. The maximum absolute atomic E-state index is 12.8. The Labute approximate surface area is 178 Å². The van der Waals surface area contributed by atoms with E-state index >= 15 is 0 Å². The lowest BCUT2D eigenvalue weighted by molar-refractivity contribution is -0.133. The third-order valence-corrected chi connectivity index (χ3v) is 5.96. The molecule has 4 rings (SSSR count). The van der Waals surface area contributed by atoms with Crippen LogP contribution in [0.1, 0.15) is 60.9 Å². The summed E-state index contributed by atoms with van der Waals surface area (Å²) in [6.07, 6.45) is 5.62. The molecule has 0 saturated carbocycles. The van der Waals surface area contributed by atoms with E-state index in [2.05, 4.69) is 26.3 Å². The molecule has 0 bridgehead atoms. The van der Waals surface area contributed by atoms with Crippen molar-refractivity contribution in [3.8, 4) is 0 Å². The number of carbonyl (C=O) groups is 1. The summed E-state index contributed by atoms with van der Waals surface area (Å²) in [5.74, 6) is 0.865. The number of piperidine rings is 1. The van der Waals surface area contributed by atoms with E-state index in [1.54, 1.807) is 0 Å². The highest BCUT2D eigenvalue weighted by atomic mass is 16.2. The molecule has 1 amide bonds. The fourth-order valence-electron chi connectivity index (χ4n) is 4.62. The molecule has 0 aliphatic carbocycles. The first kappa shape index (κ1) is 20.7. The van der Waals surface area contributed by atoms with E-state index in [9.17, 15) is 4.79 Å². The van der Waals surface area contributed by atoms with Gasteiger partial charge in [-0.05, 0) is 77.6 Å². The van der Waals surface area contributed by atoms with Crippen molar-refractivity contribution in [3.05, 3.63) is 41.0 Å². The van der Waals surface area contributed by atoms with Crippen LogP contribution >= 0.6 is 0 Å². The third-order valence-electron chi connectivity index (χ3n) is 5.96. The van der Waals surface area contributed by atoms with Gasteiger partial charge in [0, 0.05) is 35.9 Å². The maximum atomic E-state index is 12.8. The van der Waals surface area contributed by atoms with Crippen LogP contribution < -0.4 is 5.32 Å². The second-order valence-electron chi connectivity index (χ2n) is 8.59. The van der Waals surface area contributed by atoms with Crippen molar-refractivity contribution in [2.45, 2.75) is 58.9 Å². The molecule has 2 aromatic rings. The highest BCUT2D eigenvalue weighted by Gasteiger charge is 2.30. The highest BCUT2D eigenvalue weighted by molar-refractivity contribution is 5.78. The monoisotopic (exact) mass is 408 g/mol. The Balaban J connectivity index is 1.50. The molecule has 0 radical (unpaired) electrons. The molecular weight excluding hydrogens is 376 g/mol. The fraction of sp³-hybridized carbons (Fsp3) is 0.565. The molecule has 2 aromatic heterocycles. The van der Waals surface area contributed by atoms with Gasteiger partial charge in [-0.3, -0.25) is 14.7 Å². The zero-order valence-corrected chi connectivity index (χ0v) is 18.3. The predicted octanol–water partition coefficient (Wildman–Crippen LogP) is 3.69. The van der Waals surface area contributed by atoms with Gasteiger partial charge in [0.25, 0.3) is 0 Å². The Morgan fingerprint density at radius 3 is 2.37 bits per heavy atom. The number of rotatable bonds is 5. The Hall–Kier alpha value is -2.54. The van der Waals surface area contributed by atoms with Crippen LogP contribution in [-0.4, -0.2) is 56.8 Å². The maximum Gasteiger partial charge on any atom is 0.236 e. The van der Waals surface area contributed by atoms with Crippen molar-refractivity contribution >= 4 is 17.5 Å². The number of hydrogen-bond donors (Lipinski definition) is 1. The minimum atomic E-state index is 0.180. The molecule has 30 heavy (non-hydrogen) atoms. The molecule has 1 N–H and O–H groups in total. The van der Waals surface area contributed by atoms with Crippen LogP contribution in [0.25, 0.3) is 0 Å². The molecule has 0 aromatic carbocycles. The van der Waals surface area contributed by atoms with Gasteiger partial charge >= 0.3 is 0 Å². The van der Waals surface area contributed by atoms with E-state index in [1.165, 1.54) is 6.42 Å². The number of aromatic nitrogens is 3. The van der Waals surface area contributed by atoms with Crippen LogP contribution in [0.2, 0.25) is 0 Å². The van der Waals surface area contributed by atoms with Gasteiger partial charge in [0.15, 0.2) is 0 Å². The van der Waals surface area contributed by atoms with Crippen molar-refractivity contribution in [1.82, 2.24) is 24.8 Å². The van der Waals surface area contributed by atoms with Crippen LogP contribution in [0.5, 0.6) is 0 Å². The van der Waals surface area contributed by atoms with Gasteiger partial charge in [-0.25, -0.2) is 9.97 Å². The van der Waals surface area contributed by atoms with Crippen molar-refractivity contribution in [2.75, 3.05) is 31.5 Å². The van der Waals surface area contributed by atoms with E-state index < -0.39 is 0 Å². The SMILES string of the molecule is Cc1cc(Nc2nc(C)cc(C)n2)cc([C@H]2CCCN2CC(=O)N2CCCCC2)n1. The Morgan fingerprint density at radius 1 is 0.933 bits per heavy atom. The standard InChI is InChI=1S/C23H32N6O/c1-16-12-17(2)26-23(25-16)27-19-13-18(3)24-20(14-19)21-8-7-11-29(21)15-22(30)28-9-5-4-6-10-28/h12-14,21H,4-11,15H2,1-3H3,(H,24,25,26,27)/t21-/m1/s1. The number of carbonyl (C=O) groups excluding carboxylic acids is 1. The summed E-state index contributed by atoms with van der Waals surface area (Å²) in [6, 6.07) is 6.24. The molecule has 0 unspecified atom stereocenters. The molecule has 2 aliphatic rings. The van der Waals surface area contributed by atoms with E-state index in [1.807, 2.05) is 37.8 Å². The summed E-state index contributed by atoms with van der Waals surface area (Å²) in [5, 5.41) is 3.34. The Bertz CT molecular complexity index is 888. The minimum absolute atomic E-state index is 0.180. The van der Waals surface area contributed by atoms with E-state index in [0.29, 0.717) is 12.5 Å². The van der Waals surface area contributed by atoms with E-state index in [4.69, 9.17) is 4.98 Å². The molecule has 1 atom stereocenters. The summed E-state index contributed by atoms with van der Waals surface area (Å²) in [6.45, 7) is 9.20.